The Hall–Kier alpha value is -2.27. The van der Waals surface area contributed by atoms with Crippen LogP contribution in [0.15, 0.2) is 48.7 Å². The van der Waals surface area contributed by atoms with E-state index in [4.69, 9.17) is 4.74 Å². The minimum Gasteiger partial charge on any atom is -0.381 e. The third kappa shape index (κ3) is 3.01. The molecule has 1 amide bonds. The summed E-state index contributed by atoms with van der Waals surface area (Å²) in [7, 11) is 0. The lowest BCUT2D eigenvalue weighted by Crippen LogP contribution is -2.49. The number of hydrogen-bond acceptors (Lipinski definition) is 3. The Balaban J connectivity index is 1.69. The van der Waals surface area contributed by atoms with Gasteiger partial charge in [0.15, 0.2) is 0 Å². The van der Waals surface area contributed by atoms with Gasteiger partial charge in [0.2, 0.25) is 5.91 Å². The van der Waals surface area contributed by atoms with Crippen LogP contribution in [0.1, 0.15) is 43.0 Å². The zero-order chi connectivity index (χ0) is 18.0. The number of pyridine rings is 1. The first-order valence-electron chi connectivity index (χ1n) is 9.26. The quantitative estimate of drug-likeness (QED) is 0.845. The number of hydrogen-bond donors (Lipinski definition) is 0. The molecule has 26 heavy (non-hydrogen) atoms. The molecule has 1 aromatic heterocycles. The summed E-state index contributed by atoms with van der Waals surface area (Å²) in [6.07, 6.45) is 4.94. The minimum atomic E-state index is -0.636. The summed E-state index contributed by atoms with van der Waals surface area (Å²) in [5.74, 6) is -0.156. The number of likely N-dealkylation sites (tertiary alicyclic amines) is 1. The molecule has 2 aromatic rings. The highest BCUT2D eigenvalue weighted by Gasteiger charge is 2.46. The van der Waals surface area contributed by atoms with Crippen molar-refractivity contribution in [3.05, 3.63) is 65.7 Å². The van der Waals surface area contributed by atoms with Crippen LogP contribution in [-0.2, 0) is 14.9 Å². The van der Waals surface area contributed by atoms with E-state index in [1.54, 1.807) is 18.3 Å². The van der Waals surface area contributed by atoms with E-state index in [2.05, 4.69) is 4.98 Å². The van der Waals surface area contributed by atoms with Gasteiger partial charge in [-0.2, -0.15) is 0 Å². The van der Waals surface area contributed by atoms with Crippen molar-refractivity contribution in [3.63, 3.8) is 0 Å². The highest BCUT2D eigenvalue weighted by Crippen LogP contribution is 2.41. The van der Waals surface area contributed by atoms with Gasteiger partial charge in [-0.1, -0.05) is 18.2 Å². The number of aromatic nitrogens is 1. The van der Waals surface area contributed by atoms with Crippen LogP contribution in [0.4, 0.5) is 4.39 Å². The SMILES string of the molecule is O=C(N1CCCC1c1ccccn1)C1(c2ccc(F)cc2)CCOCC1. The fourth-order valence-electron chi connectivity index (χ4n) is 4.28. The number of benzene rings is 1. The van der Waals surface area contributed by atoms with Crippen molar-refractivity contribution in [1.82, 2.24) is 9.88 Å². The Labute approximate surface area is 153 Å². The molecule has 0 saturated carbocycles. The Kier molecular flexibility index (Phi) is 4.72. The van der Waals surface area contributed by atoms with E-state index in [-0.39, 0.29) is 17.8 Å². The average molecular weight is 354 g/mol. The van der Waals surface area contributed by atoms with Crippen LogP contribution in [0.3, 0.4) is 0 Å². The molecule has 4 rings (SSSR count). The molecule has 2 aliphatic rings. The summed E-state index contributed by atoms with van der Waals surface area (Å²) in [6, 6.07) is 12.3. The normalized spacial score (nSPS) is 22.3. The molecule has 0 N–H and O–H groups in total. The predicted octanol–water partition coefficient (Wildman–Crippen LogP) is 3.63. The molecule has 0 aliphatic carbocycles. The van der Waals surface area contributed by atoms with E-state index in [0.29, 0.717) is 26.1 Å². The van der Waals surface area contributed by atoms with Gasteiger partial charge >= 0.3 is 0 Å². The van der Waals surface area contributed by atoms with E-state index >= 15 is 0 Å². The smallest absolute Gasteiger partial charge is 0.233 e. The number of carbonyl (C=O) groups is 1. The van der Waals surface area contributed by atoms with Gasteiger partial charge in [0.05, 0.1) is 17.2 Å². The lowest BCUT2D eigenvalue weighted by Gasteiger charge is -2.40. The lowest BCUT2D eigenvalue weighted by molar-refractivity contribution is -0.142. The molecular formula is C21H23FN2O2. The van der Waals surface area contributed by atoms with E-state index in [9.17, 15) is 9.18 Å². The molecule has 2 fully saturated rings. The zero-order valence-electron chi connectivity index (χ0n) is 14.7. The molecule has 1 aromatic carbocycles. The first kappa shape index (κ1) is 17.2. The number of ether oxygens (including phenoxy) is 1. The number of carbonyl (C=O) groups excluding carboxylic acids is 1. The van der Waals surface area contributed by atoms with Crippen LogP contribution in [0.2, 0.25) is 0 Å². The maximum atomic E-state index is 13.7. The summed E-state index contributed by atoms with van der Waals surface area (Å²) in [4.78, 5) is 20.2. The molecule has 1 unspecified atom stereocenters. The van der Waals surface area contributed by atoms with E-state index in [1.165, 1.54) is 12.1 Å². The van der Waals surface area contributed by atoms with Gasteiger partial charge in [-0.05, 0) is 55.5 Å². The summed E-state index contributed by atoms with van der Waals surface area (Å²) >= 11 is 0. The van der Waals surface area contributed by atoms with E-state index in [1.807, 2.05) is 23.1 Å². The van der Waals surface area contributed by atoms with Crippen LogP contribution >= 0.6 is 0 Å². The topological polar surface area (TPSA) is 42.4 Å². The maximum absolute atomic E-state index is 13.7. The molecule has 5 heteroatoms. The highest BCUT2D eigenvalue weighted by molar-refractivity contribution is 5.89. The Morgan fingerprint density at radius 3 is 2.62 bits per heavy atom. The number of rotatable bonds is 3. The van der Waals surface area contributed by atoms with E-state index < -0.39 is 5.41 Å². The van der Waals surface area contributed by atoms with Gasteiger partial charge in [0.25, 0.3) is 0 Å². The van der Waals surface area contributed by atoms with Crippen molar-refractivity contribution in [2.45, 2.75) is 37.1 Å². The molecule has 3 heterocycles. The van der Waals surface area contributed by atoms with Crippen molar-refractivity contribution in [3.8, 4) is 0 Å². The zero-order valence-corrected chi connectivity index (χ0v) is 14.7. The molecule has 4 nitrogen and oxygen atoms in total. The second-order valence-electron chi connectivity index (χ2n) is 7.11. The largest absolute Gasteiger partial charge is 0.381 e. The second kappa shape index (κ2) is 7.16. The van der Waals surface area contributed by atoms with Crippen molar-refractivity contribution in [1.29, 1.82) is 0 Å². The van der Waals surface area contributed by atoms with Crippen LogP contribution in [0, 0.1) is 5.82 Å². The Morgan fingerprint density at radius 2 is 1.92 bits per heavy atom. The van der Waals surface area contributed by atoms with Gasteiger partial charge in [-0.15, -0.1) is 0 Å². The summed E-state index contributed by atoms with van der Waals surface area (Å²) in [5, 5.41) is 0. The van der Waals surface area contributed by atoms with Crippen molar-refractivity contribution >= 4 is 5.91 Å². The lowest BCUT2D eigenvalue weighted by atomic mass is 9.72. The Bertz CT molecular complexity index is 757. The molecule has 136 valence electrons. The predicted molar refractivity (Wildman–Crippen MR) is 96.1 cm³/mol. The molecule has 1 atom stereocenters. The molecule has 0 radical (unpaired) electrons. The van der Waals surface area contributed by atoms with E-state index in [0.717, 1.165) is 30.6 Å². The van der Waals surface area contributed by atoms with Gasteiger partial charge < -0.3 is 9.64 Å². The van der Waals surface area contributed by atoms with Gasteiger partial charge in [0.1, 0.15) is 5.82 Å². The highest BCUT2D eigenvalue weighted by atomic mass is 19.1. The maximum Gasteiger partial charge on any atom is 0.233 e. The van der Waals surface area contributed by atoms with Gasteiger partial charge in [-0.3, -0.25) is 9.78 Å². The third-order valence-corrected chi connectivity index (χ3v) is 5.70. The van der Waals surface area contributed by atoms with Crippen LogP contribution in [0.25, 0.3) is 0 Å². The fourth-order valence-corrected chi connectivity index (χ4v) is 4.28. The second-order valence-corrected chi connectivity index (χ2v) is 7.11. The van der Waals surface area contributed by atoms with Crippen LogP contribution in [-0.4, -0.2) is 35.5 Å². The average Bonchev–Trinajstić information content (AvgIpc) is 3.19. The molecule has 2 aliphatic heterocycles. The standard InChI is InChI=1S/C21H23FN2O2/c22-17-8-6-16(7-9-17)21(10-14-26-15-11-21)20(25)24-13-3-5-19(24)18-4-1-2-12-23-18/h1-2,4,6-9,12,19H,3,5,10-11,13-15H2. The summed E-state index contributed by atoms with van der Waals surface area (Å²) in [6.45, 7) is 1.83. The monoisotopic (exact) mass is 354 g/mol. The van der Waals surface area contributed by atoms with Gasteiger partial charge in [0, 0.05) is 26.0 Å². The number of halogens is 1. The first-order chi connectivity index (χ1) is 12.7. The van der Waals surface area contributed by atoms with Crippen molar-refractivity contribution in [2.75, 3.05) is 19.8 Å². The third-order valence-electron chi connectivity index (χ3n) is 5.70. The Morgan fingerprint density at radius 1 is 1.15 bits per heavy atom. The minimum absolute atomic E-state index is 0.0175. The van der Waals surface area contributed by atoms with Crippen LogP contribution < -0.4 is 0 Å². The molecule has 0 spiro atoms. The molecule has 0 bridgehead atoms. The molecular weight excluding hydrogens is 331 g/mol. The number of amides is 1. The van der Waals surface area contributed by atoms with Crippen molar-refractivity contribution < 1.29 is 13.9 Å². The van der Waals surface area contributed by atoms with Crippen LogP contribution in [0.5, 0.6) is 0 Å². The first-order valence-corrected chi connectivity index (χ1v) is 9.26. The fraction of sp³-hybridized carbons (Fsp3) is 0.429. The van der Waals surface area contributed by atoms with Gasteiger partial charge in [-0.25, -0.2) is 4.39 Å². The summed E-state index contributed by atoms with van der Waals surface area (Å²) in [5.41, 5.74) is 1.20. The van der Waals surface area contributed by atoms with Crippen molar-refractivity contribution in [2.24, 2.45) is 0 Å². The summed E-state index contributed by atoms with van der Waals surface area (Å²) < 4.78 is 19.0. The number of nitrogens with zero attached hydrogens (tertiary/aromatic N) is 2. The molecule has 2 saturated heterocycles.